The molecule has 0 aromatic carbocycles. The summed E-state index contributed by atoms with van der Waals surface area (Å²) in [6.07, 6.45) is 0.774. The zero-order valence-electron chi connectivity index (χ0n) is 12.5. The number of rotatable bonds is 8. The van der Waals surface area contributed by atoms with Crippen molar-refractivity contribution in [2.75, 3.05) is 20.6 Å². The van der Waals surface area contributed by atoms with Crippen LogP contribution < -0.4 is 4.72 Å². The fourth-order valence-corrected chi connectivity index (χ4v) is 4.67. The number of sulfonamides is 1. The highest BCUT2D eigenvalue weighted by Gasteiger charge is 2.24. The van der Waals surface area contributed by atoms with Gasteiger partial charge in [-0.3, -0.25) is 0 Å². The first-order valence-corrected chi connectivity index (χ1v) is 8.96. The summed E-state index contributed by atoms with van der Waals surface area (Å²) in [6, 6.07) is 1.40. The summed E-state index contributed by atoms with van der Waals surface area (Å²) >= 11 is 1.25. The van der Waals surface area contributed by atoms with Crippen LogP contribution >= 0.6 is 11.3 Å². The third-order valence-corrected chi connectivity index (χ3v) is 5.44. The third-order valence-electron chi connectivity index (χ3n) is 2.80. The zero-order chi connectivity index (χ0) is 15.3. The van der Waals surface area contributed by atoms with Crippen LogP contribution in [0.1, 0.15) is 25.1 Å². The largest absolute Gasteiger partial charge is 0.391 e. The molecule has 2 N–H and O–H groups in total. The van der Waals surface area contributed by atoms with Crippen LogP contribution in [0.3, 0.4) is 0 Å². The molecule has 0 aliphatic heterocycles. The summed E-state index contributed by atoms with van der Waals surface area (Å²) in [5.41, 5.74) is 0. The van der Waals surface area contributed by atoms with Crippen molar-refractivity contribution in [2.24, 2.45) is 5.92 Å². The molecule has 0 bridgehead atoms. The van der Waals surface area contributed by atoms with Crippen LogP contribution in [-0.4, -0.2) is 45.1 Å². The molecule has 0 aliphatic carbocycles. The molecule has 116 valence electrons. The molecule has 0 saturated carbocycles. The van der Waals surface area contributed by atoms with Crippen molar-refractivity contribution in [3.05, 3.63) is 16.3 Å². The SMILES string of the molecule is CC(C)CC(CN(C)C)NS(=O)(=O)c1ccsc1CO. The maximum absolute atomic E-state index is 12.4. The Kier molecular flexibility index (Phi) is 6.60. The standard InChI is InChI=1S/C13H24N2O3S2/c1-10(2)7-11(8-15(3)4)14-20(17,18)13-5-6-19-12(13)9-16/h5-6,10-11,14,16H,7-9H2,1-4H3. The zero-order valence-corrected chi connectivity index (χ0v) is 14.1. The van der Waals surface area contributed by atoms with Crippen molar-refractivity contribution in [1.29, 1.82) is 0 Å². The van der Waals surface area contributed by atoms with Crippen molar-refractivity contribution < 1.29 is 13.5 Å². The van der Waals surface area contributed by atoms with E-state index in [2.05, 4.69) is 18.6 Å². The third kappa shape index (κ3) is 5.14. The first-order chi connectivity index (χ1) is 9.26. The van der Waals surface area contributed by atoms with E-state index in [4.69, 9.17) is 0 Å². The maximum Gasteiger partial charge on any atom is 0.242 e. The maximum atomic E-state index is 12.4. The molecular formula is C13H24N2O3S2. The van der Waals surface area contributed by atoms with Gasteiger partial charge in [0.2, 0.25) is 10.0 Å². The van der Waals surface area contributed by atoms with E-state index < -0.39 is 10.0 Å². The normalized spacial score (nSPS) is 14.2. The monoisotopic (exact) mass is 320 g/mol. The van der Waals surface area contributed by atoms with Gasteiger partial charge in [-0.1, -0.05) is 13.8 Å². The summed E-state index contributed by atoms with van der Waals surface area (Å²) in [5.74, 6) is 0.405. The van der Waals surface area contributed by atoms with E-state index >= 15 is 0 Å². The van der Waals surface area contributed by atoms with Crippen LogP contribution in [0.2, 0.25) is 0 Å². The smallest absolute Gasteiger partial charge is 0.242 e. The fraction of sp³-hybridized carbons (Fsp3) is 0.692. The molecule has 1 heterocycles. The Balaban J connectivity index is 2.90. The van der Waals surface area contributed by atoms with Crippen molar-refractivity contribution >= 4 is 21.4 Å². The molecular weight excluding hydrogens is 296 g/mol. The van der Waals surface area contributed by atoms with E-state index in [0.717, 1.165) is 6.42 Å². The second-order valence-corrected chi connectivity index (χ2v) is 8.26. The fourth-order valence-electron chi connectivity index (χ4n) is 2.14. The van der Waals surface area contributed by atoms with E-state index in [1.165, 1.54) is 11.3 Å². The second kappa shape index (κ2) is 7.51. The molecule has 0 fully saturated rings. The predicted octanol–water partition coefficient (Wildman–Crippen LogP) is 1.49. The van der Waals surface area contributed by atoms with Crippen molar-refractivity contribution in [2.45, 2.75) is 37.8 Å². The molecule has 7 heteroatoms. The Hall–Kier alpha value is -0.470. The predicted molar refractivity (Wildman–Crippen MR) is 82.4 cm³/mol. The molecule has 0 amide bonds. The lowest BCUT2D eigenvalue weighted by molar-refractivity contribution is 0.282. The number of aliphatic hydroxyl groups is 1. The number of hydrogen-bond donors (Lipinski definition) is 2. The van der Waals surface area contributed by atoms with Gasteiger partial charge in [0.25, 0.3) is 0 Å². The highest BCUT2D eigenvalue weighted by molar-refractivity contribution is 7.89. The van der Waals surface area contributed by atoms with Crippen LogP contribution in [0, 0.1) is 5.92 Å². The van der Waals surface area contributed by atoms with Gasteiger partial charge < -0.3 is 10.0 Å². The number of nitrogens with zero attached hydrogens (tertiary/aromatic N) is 1. The van der Waals surface area contributed by atoms with Crippen molar-refractivity contribution in [1.82, 2.24) is 9.62 Å². The van der Waals surface area contributed by atoms with Crippen molar-refractivity contribution in [3.63, 3.8) is 0 Å². The van der Waals surface area contributed by atoms with E-state index in [1.807, 2.05) is 19.0 Å². The minimum atomic E-state index is -3.58. The first kappa shape index (κ1) is 17.6. The van der Waals surface area contributed by atoms with Gasteiger partial charge >= 0.3 is 0 Å². The van der Waals surface area contributed by atoms with Gasteiger partial charge in [0.15, 0.2) is 0 Å². The molecule has 0 saturated heterocycles. The van der Waals surface area contributed by atoms with E-state index in [-0.39, 0.29) is 17.5 Å². The molecule has 1 atom stereocenters. The first-order valence-electron chi connectivity index (χ1n) is 6.60. The minimum absolute atomic E-state index is 0.138. The molecule has 1 rings (SSSR count). The Morgan fingerprint density at radius 3 is 2.55 bits per heavy atom. The van der Waals surface area contributed by atoms with Gasteiger partial charge in [0.1, 0.15) is 0 Å². The van der Waals surface area contributed by atoms with Gasteiger partial charge in [-0.25, -0.2) is 13.1 Å². The molecule has 1 unspecified atom stereocenters. The van der Waals surface area contributed by atoms with Gasteiger partial charge in [-0.05, 0) is 37.9 Å². The number of nitrogens with one attached hydrogen (secondary N) is 1. The molecule has 0 radical (unpaired) electrons. The number of thiophene rings is 1. The Morgan fingerprint density at radius 1 is 1.40 bits per heavy atom. The Bertz CT molecular complexity index is 499. The Morgan fingerprint density at radius 2 is 2.05 bits per heavy atom. The lowest BCUT2D eigenvalue weighted by atomic mass is 10.0. The Labute approximate surface area is 125 Å². The average molecular weight is 320 g/mol. The van der Waals surface area contributed by atoms with E-state index in [9.17, 15) is 13.5 Å². The molecule has 5 nitrogen and oxygen atoms in total. The van der Waals surface area contributed by atoms with Crippen LogP contribution in [0.15, 0.2) is 16.3 Å². The summed E-state index contributed by atoms with van der Waals surface area (Å²) in [7, 11) is 0.268. The molecule has 1 aromatic heterocycles. The van der Waals surface area contributed by atoms with Gasteiger partial charge in [-0.15, -0.1) is 11.3 Å². The van der Waals surface area contributed by atoms with Gasteiger partial charge in [-0.2, -0.15) is 0 Å². The average Bonchev–Trinajstić information content (AvgIpc) is 2.74. The lowest BCUT2D eigenvalue weighted by Gasteiger charge is -2.23. The number of likely N-dealkylation sites (N-methyl/N-ethyl adjacent to an activating group) is 1. The second-order valence-electron chi connectivity index (χ2n) is 5.58. The number of aliphatic hydroxyl groups excluding tert-OH is 1. The van der Waals surface area contributed by atoms with Gasteiger partial charge in [0.05, 0.1) is 11.5 Å². The van der Waals surface area contributed by atoms with Crippen LogP contribution in [0.5, 0.6) is 0 Å². The quantitative estimate of drug-likeness (QED) is 0.761. The summed E-state index contributed by atoms with van der Waals surface area (Å²) < 4.78 is 27.6. The summed E-state index contributed by atoms with van der Waals surface area (Å²) in [5, 5.41) is 10.9. The molecule has 1 aromatic rings. The lowest BCUT2D eigenvalue weighted by Crippen LogP contribution is -2.42. The molecule has 20 heavy (non-hydrogen) atoms. The van der Waals surface area contributed by atoms with E-state index in [1.54, 1.807) is 11.4 Å². The van der Waals surface area contributed by atoms with E-state index in [0.29, 0.717) is 17.3 Å². The van der Waals surface area contributed by atoms with Gasteiger partial charge in [0, 0.05) is 17.5 Å². The van der Waals surface area contributed by atoms with Crippen LogP contribution in [-0.2, 0) is 16.6 Å². The highest BCUT2D eigenvalue weighted by Crippen LogP contribution is 2.22. The molecule has 0 aliphatic rings. The van der Waals surface area contributed by atoms with Crippen LogP contribution in [0.4, 0.5) is 0 Å². The topological polar surface area (TPSA) is 69.6 Å². The highest BCUT2D eigenvalue weighted by atomic mass is 32.2. The van der Waals surface area contributed by atoms with Crippen molar-refractivity contribution in [3.8, 4) is 0 Å². The minimum Gasteiger partial charge on any atom is -0.391 e. The molecule has 0 spiro atoms. The summed E-state index contributed by atoms with van der Waals surface area (Å²) in [4.78, 5) is 2.64. The summed E-state index contributed by atoms with van der Waals surface area (Å²) in [6.45, 7) is 4.54. The van der Waals surface area contributed by atoms with Crippen LogP contribution in [0.25, 0.3) is 0 Å². The number of hydrogen-bond acceptors (Lipinski definition) is 5.